The van der Waals surface area contributed by atoms with Crippen LogP contribution in [0.25, 0.3) is 0 Å². The predicted molar refractivity (Wildman–Crippen MR) is 248 cm³/mol. The van der Waals surface area contributed by atoms with Crippen molar-refractivity contribution in [3.05, 3.63) is 53.9 Å². The first-order valence-electron chi connectivity index (χ1n) is 23.7. The molecule has 1 unspecified atom stereocenters. The van der Waals surface area contributed by atoms with Crippen molar-refractivity contribution in [2.45, 2.75) is 147 Å². The summed E-state index contributed by atoms with van der Waals surface area (Å²) in [5.74, 6) is 3.42. The van der Waals surface area contributed by atoms with Crippen LogP contribution in [-0.4, -0.2) is 177 Å². The van der Waals surface area contributed by atoms with E-state index in [1.54, 1.807) is 57.4 Å². The number of aliphatic hydroxyl groups excluding tert-OH is 3. The summed E-state index contributed by atoms with van der Waals surface area (Å²) in [5.41, 5.74) is 1.80. The zero-order chi connectivity index (χ0) is 48.6. The number of allylic oxidation sites excluding steroid dienone is 3. The molecule has 0 aromatic carbocycles. The van der Waals surface area contributed by atoms with Crippen LogP contribution >= 0.6 is 0 Å². The minimum absolute atomic E-state index is 0.0195. The lowest BCUT2D eigenvalue weighted by Crippen LogP contribution is -2.63. The smallest absolute Gasteiger partial charge is 0.308 e. The minimum atomic E-state index is -1.25. The standard InChI is InChI=1S/C50H75N3O14/c1-10-40-35(27-62-41-19-18-39(55)48(59-8)49(41)60-9)24-30(2)16-17-38(54)31(3)25-34-20-23-61-28-37(52-64-22-13-15-36-14-11-12-21-51-36)29-63-42(26-43(56)66-40)32(4)47(34)67-50-46(58)44(53(6)7)45(57)33(5)65-50/h11-12,14,16-17,21,24,31-35,39-42,44-50,55,57-58H,10,18-20,22-23,25-29H2,1-9H3/b17-16+,30-24+,52-37+/t31-,32+,33-,34?,35-,39-,40-,41-,42-,44+,45-,46-,47-,48-,49+,50+/m1/s1. The third-order valence-electron chi connectivity index (χ3n) is 13.4. The Labute approximate surface area is 396 Å². The van der Waals surface area contributed by atoms with Gasteiger partial charge in [0, 0.05) is 44.8 Å². The number of carbonyl (C=O) groups is 2. The molecular formula is C50H75N3O14. The molecule has 3 N–H and O–H groups in total. The molecule has 1 aromatic rings. The van der Waals surface area contributed by atoms with Crippen LogP contribution in [0, 0.1) is 35.5 Å². The Kier molecular flexibility index (Phi) is 21.8. The third-order valence-corrected chi connectivity index (χ3v) is 13.4. The Hall–Kier alpha value is -3.64. The number of methoxy groups -OCH3 is 2. The van der Waals surface area contributed by atoms with Crippen molar-refractivity contribution >= 4 is 17.5 Å². The van der Waals surface area contributed by atoms with E-state index in [0.717, 1.165) is 5.57 Å². The summed E-state index contributed by atoms with van der Waals surface area (Å²) in [6.07, 6.45) is 0.522. The van der Waals surface area contributed by atoms with Crippen LogP contribution in [0.15, 0.2) is 53.4 Å². The van der Waals surface area contributed by atoms with Crippen LogP contribution in [0.3, 0.4) is 0 Å². The molecule has 374 valence electrons. The van der Waals surface area contributed by atoms with Crippen LogP contribution in [0.1, 0.15) is 78.8 Å². The maximum Gasteiger partial charge on any atom is 0.308 e. The van der Waals surface area contributed by atoms with E-state index in [9.17, 15) is 24.9 Å². The van der Waals surface area contributed by atoms with Gasteiger partial charge in [-0.1, -0.05) is 55.6 Å². The van der Waals surface area contributed by atoms with Gasteiger partial charge in [-0.15, -0.1) is 0 Å². The van der Waals surface area contributed by atoms with Crippen molar-refractivity contribution in [3.63, 3.8) is 0 Å². The number of aliphatic hydroxyl groups is 3. The number of fused-ring (bicyclic) bond motifs is 3. The lowest BCUT2D eigenvalue weighted by atomic mass is 9.79. The molecule has 2 saturated heterocycles. The van der Waals surface area contributed by atoms with Gasteiger partial charge in [-0.2, -0.15) is 0 Å². The zero-order valence-corrected chi connectivity index (χ0v) is 40.7. The van der Waals surface area contributed by atoms with Crippen molar-refractivity contribution in [1.82, 2.24) is 9.88 Å². The van der Waals surface area contributed by atoms with Crippen molar-refractivity contribution < 1.29 is 67.6 Å². The molecule has 67 heavy (non-hydrogen) atoms. The van der Waals surface area contributed by atoms with E-state index in [2.05, 4.69) is 22.0 Å². The summed E-state index contributed by atoms with van der Waals surface area (Å²) < 4.78 is 50.1. The molecular weight excluding hydrogens is 867 g/mol. The first-order chi connectivity index (χ1) is 32.1. The molecule has 3 fully saturated rings. The average Bonchev–Trinajstić information content (AvgIpc) is 3.33. The Morgan fingerprint density at radius 1 is 0.970 bits per heavy atom. The maximum absolute atomic E-state index is 14.4. The molecule has 3 aliphatic heterocycles. The third kappa shape index (κ3) is 15.4. The lowest BCUT2D eigenvalue weighted by molar-refractivity contribution is -0.305. The van der Waals surface area contributed by atoms with Crippen LogP contribution in [0.5, 0.6) is 0 Å². The lowest BCUT2D eigenvalue weighted by Gasteiger charge is -2.47. The van der Waals surface area contributed by atoms with E-state index < -0.39 is 97.1 Å². The monoisotopic (exact) mass is 942 g/mol. The molecule has 1 aliphatic carbocycles. The fourth-order valence-corrected chi connectivity index (χ4v) is 9.56. The van der Waals surface area contributed by atoms with Crippen LogP contribution in [0.4, 0.5) is 0 Å². The van der Waals surface area contributed by atoms with Crippen LogP contribution < -0.4 is 0 Å². The molecule has 5 rings (SSSR count). The SMILES string of the molecule is CC[C@H]1OC(=O)C[C@H]2OC/C(=N/OCC#Cc3ccccn3)COCCC(C[C@@H](C)C(=O)/C=C/C(C)=C/[C@@H]1CO[C@@H]1CC[C@@H](O)[C@@H](OC)[C@H]1OC)[C@H](O[C@@H]1O[C@H](C)[C@@H](O)[C@H](N(C)C)[C@H]1O)[C@H]2C. The molecule has 1 aromatic heterocycles. The summed E-state index contributed by atoms with van der Waals surface area (Å²) in [4.78, 5) is 40.0. The van der Waals surface area contributed by atoms with Crippen LogP contribution in [0.2, 0.25) is 0 Å². The van der Waals surface area contributed by atoms with Crippen molar-refractivity contribution in [1.29, 1.82) is 0 Å². The van der Waals surface area contributed by atoms with Gasteiger partial charge in [0.1, 0.15) is 35.8 Å². The Morgan fingerprint density at radius 2 is 1.75 bits per heavy atom. The van der Waals surface area contributed by atoms with E-state index in [0.29, 0.717) is 43.5 Å². The number of rotatable bonds is 11. The van der Waals surface area contributed by atoms with Gasteiger partial charge in [0.05, 0.1) is 68.9 Å². The van der Waals surface area contributed by atoms with Gasteiger partial charge in [0.15, 0.2) is 18.7 Å². The molecule has 4 aliphatic rings. The summed E-state index contributed by atoms with van der Waals surface area (Å²) in [7, 11) is 6.64. The second-order valence-electron chi connectivity index (χ2n) is 18.5. The topological polar surface area (TPSA) is 206 Å². The normalized spacial score (nSPS) is 38.2. The molecule has 17 heteroatoms. The summed E-state index contributed by atoms with van der Waals surface area (Å²) >= 11 is 0. The number of hydrogen-bond acceptors (Lipinski definition) is 17. The molecule has 0 spiro atoms. The number of pyridine rings is 1. The number of oxime groups is 1. The van der Waals surface area contributed by atoms with E-state index >= 15 is 0 Å². The van der Waals surface area contributed by atoms with Crippen LogP contribution in [-0.2, 0) is 52.3 Å². The molecule has 16 atom stereocenters. The first-order valence-corrected chi connectivity index (χ1v) is 23.7. The predicted octanol–water partition coefficient (Wildman–Crippen LogP) is 3.65. The number of esters is 1. The largest absolute Gasteiger partial charge is 0.462 e. The number of likely N-dealkylation sites (N-methyl/N-ethyl adjacent to an activating group) is 1. The van der Waals surface area contributed by atoms with Gasteiger partial charge in [-0.25, -0.2) is 4.98 Å². The van der Waals surface area contributed by atoms with Crippen molar-refractivity contribution in [2.75, 3.05) is 61.3 Å². The van der Waals surface area contributed by atoms with Gasteiger partial charge < -0.3 is 63.0 Å². The Morgan fingerprint density at radius 3 is 2.45 bits per heavy atom. The van der Waals surface area contributed by atoms with E-state index in [1.165, 1.54) is 7.11 Å². The first kappa shape index (κ1) is 54.3. The molecule has 1 saturated carbocycles. The fraction of sp³-hybridized carbons (Fsp3) is 0.720. The zero-order valence-electron chi connectivity index (χ0n) is 40.7. The second kappa shape index (κ2) is 26.9. The van der Waals surface area contributed by atoms with Gasteiger partial charge in [-0.3, -0.25) is 9.59 Å². The van der Waals surface area contributed by atoms with E-state index in [-0.39, 0.29) is 51.2 Å². The molecule has 0 radical (unpaired) electrons. The molecule has 17 nitrogen and oxygen atoms in total. The van der Waals surface area contributed by atoms with Gasteiger partial charge in [-0.05, 0) is 90.1 Å². The second-order valence-corrected chi connectivity index (χ2v) is 18.5. The number of ketones is 1. The summed E-state index contributed by atoms with van der Waals surface area (Å²) in [6.45, 7) is 9.72. The molecule has 2 bridgehead atoms. The van der Waals surface area contributed by atoms with Gasteiger partial charge in [0.2, 0.25) is 0 Å². The number of aromatic nitrogens is 1. The summed E-state index contributed by atoms with van der Waals surface area (Å²) in [5, 5.41) is 37.7. The highest BCUT2D eigenvalue weighted by atomic mass is 16.7. The molecule has 0 amide bonds. The molecule has 4 heterocycles. The number of cyclic esters (lactones) is 1. The number of hydrogen-bond donors (Lipinski definition) is 3. The minimum Gasteiger partial charge on any atom is -0.462 e. The number of carbonyl (C=O) groups excluding carboxylic acids is 2. The van der Waals surface area contributed by atoms with Crippen molar-refractivity contribution in [3.8, 4) is 11.8 Å². The fourth-order valence-electron chi connectivity index (χ4n) is 9.56. The van der Waals surface area contributed by atoms with E-state index in [4.69, 9.17) is 42.7 Å². The quantitative estimate of drug-likeness (QED) is 0.125. The van der Waals surface area contributed by atoms with E-state index in [1.807, 2.05) is 45.9 Å². The highest BCUT2D eigenvalue weighted by Crippen LogP contribution is 2.36. The highest BCUT2D eigenvalue weighted by Gasteiger charge is 2.48. The maximum atomic E-state index is 14.4. The average molecular weight is 942 g/mol. The highest BCUT2D eigenvalue weighted by molar-refractivity contribution is 5.91. The Balaban J connectivity index is 1.49. The summed E-state index contributed by atoms with van der Waals surface area (Å²) in [6, 6.07) is 4.74. The number of nitrogens with zero attached hydrogens (tertiary/aromatic N) is 3. The van der Waals surface area contributed by atoms with Gasteiger partial charge >= 0.3 is 5.97 Å². The Bertz CT molecular complexity index is 1850. The number of ether oxygens (including phenoxy) is 8. The van der Waals surface area contributed by atoms with Gasteiger partial charge in [0.25, 0.3) is 0 Å². The van der Waals surface area contributed by atoms with Crippen molar-refractivity contribution in [2.24, 2.45) is 28.8 Å².